The molecule has 0 saturated carbocycles. The summed E-state index contributed by atoms with van der Waals surface area (Å²) in [5.41, 5.74) is 1.32. The number of aryl methyl sites for hydroxylation is 1. The van der Waals surface area contributed by atoms with Crippen LogP contribution >= 0.6 is 0 Å². The number of carbonyl (C=O) groups is 1. The van der Waals surface area contributed by atoms with Crippen LogP contribution in [-0.2, 0) is 26.5 Å². The van der Waals surface area contributed by atoms with Crippen molar-refractivity contribution in [3.8, 4) is 11.5 Å². The van der Waals surface area contributed by atoms with Crippen molar-refractivity contribution in [2.24, 2.45) is 0 Å². The van der Waals surface area contributed by atoms with Crippen LogP contribution in [0.2, 0.25) is 0 Å². The second-order valence-electron chi connectivity index (χ2n) is 6.57. The fourth-order valence-electron chi connectivity index (χ4n) is 3.09. The van der Waals surface area contributed by atoms with Gasteiger partial charge in [-0.05, 0) is 49.3 Å². The van der Waals surface area contributed by atoms with Crippen molar-refractivity contribution in [3.63, 3.8) is 0 Å². The van der Waals surface area contributed by atoms with Crippen LogP contribution in [0.15, 0.2) is 54.6 Å². The van der Waals surface area contributed by atoms with Crippen LogP contribution in [0.25, 0.3) is 0 Å². The van der Waals surface area contributed by atoms with Gasteiger partial charge in [-0.3, -0.25) is 4.79 Å². The van der Waals surface area contributed by atoms with Gasteiger partial charge in [-0.25, -0.2) is 0 Å². The topological polar surface area (TPSA) is 54.0 Å². The van der Waals surface area contributed by atoms with Crippen LogP contribution < -0.4 is 9.47 Å². The first-order valence-corrected chi connectivity index (χ1v) is 8.77. The summed E-state index contributed by atoms with van der Waals surface area (Å²) in [4.78, 5) is 12.7. The fourth-order valence-corrected chi connectivity index (χ4v) is 3.09. The van der Waals surface area contributed by atoms with Crippen LogP contribution in [0.1, 0.15) is 23.6 Å². The van der Waals surface area contributed by atoms with Crippen LogP contribution in [0.3, 0.4) is 0 Å². The van der Waals surface area contributed by atoms with Crippen molar-refractivity contribution < 1.29 is 23.7 Å². The summed E-state index contributed by atoms with van der Waals surface area (Å²) >= 11 is 0. The third-order valence-electron chi connectivity index (χ3n) is 4.71. The van der Waals surface area contributed by atoms with Crippen molar-refractivity contribution in [2.75, 3.05) is 14.2 Å². The summed E-state index contributed by atoms with van der Waals surface area (Å²) in [7, 11) is 3.13. The maximum absolute atomic E-state index is 12.7. The molecule has 0 aliphatic carbocycles. The molecule has 0 saturated heterocycles. The highest BCUT2D eigenvalue weighted by Crippen LogP contribution is 2.41. The summed E-state index contributed by atoms with van der Waals surface area (Å²) in [6.45, 7) is 4.04. The van der Waals surface area contributed by atoms with Gasteiger partial charge in [0.25, 0.3) is 0 Å². The van der Waals surface area contributed by atoms with Gasteiger partial charge in [-0.1, -0.05) is 30.3 Å². The number of ketones is 1. The van der Waals surface area contributed by atoms with E-state index in [1.807, 2.05) is 43.3 Å². The van der Waals surface area contributed by atoms with E-state index in [0.717, 1.165) is 11.1 Å². The Labute approximate surface area is 159 Å². The Kier molecular flexibility index (Phi) is 5.63. The van der Waals surface area contributed by atoms with Crippen molar-refractivity contribution >= 4 is 5.78 Å². The van der Waals surface area contributed by atoms with Crippen molar-refractivity contribution in [2.45, 2.75) is 32.3 Å². The molecule has 2 aromatic rings. The largest absolute Gasteiger partial charge is 0.496 e. The molecular weight excluding hydrogens is 344 g/mol. The second kappa shape index (κ2) is 7.94. The molecule has 2 aromatic carbocycles. The summed E-state index contributed by atoms with van der Waals surface area (Å²) in [6.07, 6.45) is 2.48. The van der Waals surface area contributed by atoms with Gasteiger partial charge in [-0.15, -0.1) is 0 Å². The Morgan fingerprint density at radius 2 is 1.85 bits per heavy atom. The monoisotopic (exact) mass is 368 g/mol. The molecule has 142 valence electrons. The lowest BCUT2D eigenvalue weighted by molar-refractivity contribution is -0.186. The minimum Gasteiger partial charge on any atom is -0.496 e. The lowest BCUT2D eigenvalue weighted by Gasteiger charge is -2.35. The van der Waals surface area contributed by atoms with Crippen LogP contribution in [0, 0.1) is 6.92 Å². The van der Waals surface area contributed by atoms with Gasteiger partial charge in [0, 0.05) is 12.7 Å². The molecule has 0 bridgehead atoms. The third-order valence-corrected chi connectivity index (χ3v) is 4.71. The predicted octanol–water partition coefficient (Wildman–Crippen LogP) is 3.93. The normalized spacial score (nSPS) is 21.9. The highest BCUT2D eigenvalue weighted by atomic mass is 16.7. The smallest absolute Gasteiger partial charge is 0.191 e. The molecule has 1 heterocycles. The van der Waals surface area contributed by atoms with E-state index in [1.165, 1.54) is 13.2 Å². The number of benzene rings is 2. The van der Waals surface area contributed by atoms with Gasteiger partial charge in [0.2, 0.25) is 0 Å². The average Bonchev–Trinajstić information content (AvgIpc) is 2.69. The first-order valence-electron chi connectivity index (χ1n) is 8.77. The standard InChI is InChI=1S/C22H24O5/c1-15-12-19(26-14-16-8-6-5-7-9-16)17(13-18(15)24-3)22(2)20(23)10-11-21(25-4)27-22/h5-13,21H,14H2,1-4H3/t21-,22-/m1/s1. The summed E-state index contributed by atoms with van der Waals surface area (Å²) < 4.78 is 22.8. The molecule has 5 heteroatoms. The SMILES string of the molecule is COc1cc([C@@]2(C)O[C@@H](OC)C=CC2=O)c(OCc2ccccc2)cc1C. The number of ether oxygens (including phenoxy) is 4. The second-order valence-corrected chi connectivity index (χ2v) is 6.57. The molecule has 0 amide bonds. The van der Waals surface area contributed by atoms with Gasteiger partial charge >= 0.3 is 0 Å². The molecule has 0 radical (unpaired) electrons. The minimum absolute atomic E-state index is 0.175. The minimum atomic E-state index is -1.23. The van der Waals surface area contributed by atoms with E-state index in [9.17, 15) is 4.79 Å². The molecule has 1 aliphatic rings. The number of hydrogen-bond donors (Lipinski definition) is 0. The van der Waals surface area contributed by atoms with Crippen LogP contribution in [0.5, 0.6) is 11.5 Å². The maximum atomic E-state index is 12.7. The molecular formula is C22H24O5. The summed E-state index contributed by atoms with van der Waals surface area (Å²) in [5, 5.41) is 0. The highest BCUT2D eigenvalue weighted by molar-refractivity contribution is 5.98. The Morgan fingerprint density at radius 1 is 1.11 bits per heavy atom. The zero-order valence-corrected chi connectivity index (χ0v) is 16.0. The van der Waals surface area contributed by atoms with E-state index in [2.05, 4.69) is 0 Å². The van der Waals surface area contributed by atoms with E-state index < -0.39 is 11.9 Å². The summed E-state index contributed by atoms with van der Waals surface area (Å²) in [6, 6.07) is 13.5. The van der Waals surface area contributed by atoms with Crippen molar-refractivity contribution in [1.29, 1.82) is 0 Å². The Hall–Kier alpha value is -2.63. The molecule has 0 spiro atoms. The lowest BCUT2D eigenvalue weighted by Crippen LogP contribution is -2.41. The fraction of sp³-hybridized carbons (Fsp3) is 0.318. The van der Waals surface area contributed by atoms with Gasteiger partial charge in [0.05, 0.1) is 7.11 Å². The molecule has 2 atom stereocenters. The lowest BCUT2D eigenvalue weighted by atomic mass is 9.87. The molecule has 5 nitrogen and oxygen atoms in total. The molecule has 0 N–H and O–H groups in total. The van der Waals surface area contributed by atoms with E-state index in [0.29, 0.717) is 23.7 Å². The zero-order chi connectivity index (χ0) is 19.4. The average molecular weight is 368 g/mol. The highest BCUT2D eigenvalue weighted by Gasteiger charge is 2.42. The molecule has 27 heavy (non-hydrogen) atoms. The molecule has 0 unspecified atom stereocenters. The van der Waals surface area contributed by atoms with Gasteiger partial charge in [0.15, 0.2) is 17.7 Å². The first-order chi connectivity index (χ1) is 13.0. The molecule has 1 aliphatic heterocycles. The van der Waals surface area contributed by atoms with E-state index in [-0.39, 0.29) is 5.78 Å². The van der Waals surface area contributed by atoms with Crippen LogP contribution in [0.4, 0.5) is 0 Å². The molecule has 0 aromatic heterocycles. The van der Waals surface area contributed by atoms with Crippen LogP contribution in [-0.4, -0.2) is 26.3 Å². The van der Waals surface area contributed by atoms with Crippen molar-refractivity contribution in [3.05, 3.63) is 71.3 Å². The van der Waals surface area contributed by atoms with E-state index in [4.69, 9.17) is 18.9 Å². The summed E-state index contributed by atoms with van der Waals surface area (Å²) in [5.74, 6) is 1.07. The zero-order valence-electron chi connectivity index (χ0n) is 16.0. The number of hydrogen-bond acceptors (Lipinski definition) is 5. The van der Waals surface area contributed by atoms with Gasteiger partial charge in [0.1, 0.15) is 18.1 Å². The number of rotatable bonds is 6. The van der Waals surface area contributed by atoms with E-state index >= 15 is 0 Å². The number of methoxy groups -OCH3 is 2. The van der Waals surface area contributed by atoms with Crippen molar-refractivity contribution in [1.82, 2.24) is 0 Å². The third kappa shape index (κ3) is 3.89. The Morgan fingerprint density at radius 3 is 2.52 bits per heavy atom. The number of carbonyl (C=O) groups excluding carboxylic acids is 1. The maximum Gasteiger partial charge on any atom is 0.191 e. The molecule has 0 fully saturated rings. The quantitative estimate of drug-likeness (QED) is 0.773. The Balaban J connectivity index is 2.01. The van der Waals surface area contributed by atoms with Gasteiger partial charge < -0.3 is 18.9 Å². The molecule has 3 rings (SSSR count). The predicted molar refractivity (Wildman–Crippen MR) is 102 cm³/mol. The van der Waals surface area contributed by atoms with E-state index in [1.54, 1.807) is 26.2 Å². The van der Waals surface area contributed by atoms with Gasteiger partial charge in [-0.2, -0.15) is 0 Å². The Bertz CT molecular complexity index is 843. The first kappa shape index (κ1) is 19.1.